The van der Waals surface area contributed by atoms with Crippen LogP contribution >= 0.6 is 0 Å². The van der Waals surface area contributed by atoms with Crippen molar-refractivity contribution in [2.45, 2.75) is 0 Å². The van der Waals surface area contributed by atoms with Gasteiger partial charge in [0.2, 0.25) is 0 Å². The molecule has 0 unspecified atom stereocenters. The number of H-pyrrole nitrogens is 1. The molecule has 0 aliphatic carbocycles. The quantitative estimate of drug-likeness (QED) is 0.591. The minimum Gasteiger partial charge on any atom is -0.339 e. The van der Waals surface area contributed by atoms with Gasteiger partial charge in [0, 0.05) is 17.1 Å². The first-order chi connectivity index (χ1) is 10.4. The van der Waals surface area contributed by atoms with Gasteiger partial charge in [0.1, 0.15) is 12.0 Å². The van der Waals surface area contributed by atoms with E-state index in [1.807, 2.05) is 42.6 Å². The van der Waals surface area contributed by atoms with Crippen LogP contribution in [0.5, 0.6) is 0 Å². The second-order valence-electron chi connectivity index (χ2n) is 4.89. The summed E-state index contributed by atoms with van der Waals surface area (Å²) >= 11 is 0. The van der Waals surface area contributed by atoms with Crippen molar-refractivity contribution in [1.82, 2.24) is 15.0 Å². The van der Waals surface area contributed by atoms with Crippen LogP contribution in [0.15, 0.2) is 73.2 Å². The normalized spacial score (nSPS) is 10.9. The first kappa shape index (κ1) is 11.9. The maximum atomic E-state index is 4.35. The lowest BCUT2D eigenvalue weighted by atomic mass is 9.99. The van der Waals surface area contributed by atoms with E-state index in [-0.39, 0.29) is 0 Å². The lowest BCUT2D eigenvalue weighted by molar-refractivity contribution is 1.20. The van der Waals surface area contributed by atoms with Crippen molar-refractivity contribution in [3.8, 4) is 22.4 Å². The molecule has 2 aromatic heterocycles. The second-order valence-corrected chi connectivity index (χ2v) is 4.89. The van der Waals surface area contributed by atoms with Crippen molar-refractivity contribution >= 4 is 11.0 Å². The van der Waals surface area contributed by atoms with E-state index >= 15 is 0 Å². The van der Waals surface area contributed by atoms with E-state index in [1.165, 1.54) is 0 Å². The Balaban J connectivity index is 2.07. The molecule has 3 heteroatoms. The first-order valence-corrected chi connectivity index (χ1v) is 6.86. The molecule has 0 radical (unpaired) electrons. The van der Waals surface area contributed by atoms with Gasteiger partial charge in [0.05, 0.1) is 5.69 Å². The monoisotopic (exact) mass is 271 g/mol. The molecule has 0 saturated heterocycles. The van der Waals surface area contributed by atoms with Crippen molar-refractivity contribution < 1.29 is 0 Å². The Labute approximate surface area is 122 Å². The standard InChI is InChI=1S/C18H13N3/c1-3-7-13(8-4-1)16-15-11-19-12-20-18(15)21-17(16)14-9-5-2-6-10-14/h1-12H,(H,19,20,21). The SMILES string of the molecule is c1ccc(-c2[nH]c3ncncc3c2-c2ccccc2)cc1. The number of benzene rings is 2. The largest absolute Gasteiger partial charge is 0.339 e. The van der Waals surface area contributed by atoms with E-state index in [1.54, 1.807) is 6.33 Å². The Hall–Kier alpha value is -2.94. The van der Waals surface area contributed by atoms with Crippen LogP contribution in [-0.2, 0) is 0 Å². The van der Waals surface area contributed by atoms with Gasteiger partial charge in [-0.3, -0.25) is 0 Å². The summed E-state index contributed by atoms with van der Waals surface area (Å²) in [5.41, 5.74) is 5.41. The van der Waals surface area contributed by atoms with E-state index in [0.717, 1.165) is 33.4 Å². The maximum absolute atomic E-state index is 4.35. The third kappa shape index (κ3) is 1.99. The molecule has 0 amide bonds. The summed E-state index contributed by atoms with van der Waals surface area (Å²) in [4.78, 5) is 11.9. The van der Waals surface area contributed by atoms with Crippen LogP contribution in [0.1, 0.15) is 0 Å². The van der Waals surface area contributed by atoms with Gasteiger partial charge in [0.25, 0.3) is 0 Å². The fourth-order valence-electron chi connectivity index (χ4n) is 2.65. The zero-order valence-corrected chi connectivity index (χ0v) is 11.3. The molecule has 0 aliphatic heterocycles. The Bertz CT molecular complexity index is 880. The minimum atomic E-state index is 0.864. The van der Waals surface area contributed by atoms with Crippen LogP contribution in [0.4, 0.5) is 0 Å². The molecule has 2 heterocycles. The molecule has 2 aromatic carbocycles. The number of nitrogens with one attached hydrogen (secondary N) is 1. The lowest BCUT2D eigenvalue weighted by Gasteiger charge is -2.05. The Morgan fingerprint density at radius 2 is 1.43 bits per heavy atom. The van der Waals surface area contributed by atoms with E-state index in [0.29, 0.717) is 0 Å². The highest BCUT2D eigenvalue weighted by atomic mass is 14.9. The second kappa shape index (κ2) is 4.87. The Morgan fingerprint density at radius 3 is 2.14 bits per heavy atom. The Kier molecular flexibility index (Phi) is 2.75. The molecule has 0 atom stereocenters. The molecule has 0 aliphatic rings. The molecule has 3 nitrogen and oxygen atoms in total. The molecule has 21 heavy (non-hydrogen) atoms. The summed E-state index contributed by atoms with van der Waals surface area (Å²) in [6.45, 7) is 0. The summed E-state index contributed by atoms with van der Waals surface area (Å²) in [5.74, 6) is 0. The number of nitrogens with zero attached hydrogens (tertiary/aromatic N) is 2. The average Bonchev–Trinajstić information content (AvgIpc) is 2.96. The summed E-state index contributed by atoms with van der Waals surface area (Å²) in [6, 6.07) is 20.7. The van der Waals surface area contributed by atoms with Gasteiger partial charge in [-0.15, -0.1) is 0 Å². The number of fused-ring (bicyclic) bond motifs is 1. The van der Waals surface area contributed by atoms with Crippen LogP contribution in [0.25, 0.3) is 33.4 Å². The molecular formula is C18H13N3. The van der Waals surface area contributed by atoms with Gasteiger partial charge < -0.3 is 4.98 Å². The molecule has 0 spiro atoms. The van der Waals surface area contributed by atoms with Crippen molar-refractivity contribution in [3.05, 3.63) is 73.2 Å². The zero-order valence-electron chi connectivity index (χ0n) is 11.3. The number of hydrogen-bond donors (Lipinski definition) is 1. The summed E-state index contributed by atoms with van der Waals surface area (Å²) in [6.07, 6.45) is 3.44. The highest BCUT2D eigenvalue weighted by Gasteiger charge is 2.15. The molecular weight excluding hydrogens is 258 g/mol. The fraction of sp³-hybridized carbons (Fsp3) is 0. The summed E-state index contributed by atoms with van der Waals surface area (Å²) < 4.78 is 0. The molecule has 0 bridgehead atoms. The molecule has 4 rings (SSSR count). The number of aromatic amines is 1. The van der Waals surface area contributed by atoms with Crippen molar-refractivity contribution in [1.29, 1.82) is 0 Å². The first-order valence-electron chi connectivity index (χ1n) is 6.86. The highest BCUT2D eigenvalue weighted by molar-refractivity contribution is 6.01. The highest BCUT2D eigenvalue weighted by Crippen LogP contribution is 2.36. The van der Waals surface area contributed by atoms with Crippen molar-refractivity contribution in [2.75, 3.05) is 0 Å². The van der Waals surface area contributed by atoms with Crippen LogP contribution in [0, 0.1) is 0 Å². The van der Waals surface area contributed by atoms with Gasteiger partial charge >= 0.3 is 0 Å². The molecule has 1 N–H and O–H groups in total. The number of hydrogen-bond acceptors (Lipinski definition) is 2. The third-order valence-corrected chi connectivity index (χ3v) is 3.60. The van der Waals surface area contributed by atoms with Gasteiger partial charge in [0.15, 0.2) is 0 Å². The maximum Gasteiger partial charge on any atom is 0.141 e. The minimum absolute atomic E-state index is 0.864. The fourth-order valence-corrected chi connectivity index (χ4v) is 2.65. The molecule has 0 saturated carbocycles. The number of aromatic nitrogens is 3. The van der Waals surface area contributed by atoms with E-state index in [4.69, 9.17) is 0 Å². The molecule has 4 aromatic rings. The van der Waals surface area contributed by atoms with Crippen LogP contribution < -0.4 is 0 Å². The molecule has 0 fully saturated rings. The van der Waals surface area contributed by atoms with Crippen LogP contribution in [0.2, 0.25) is 0 Å². The van der Waals surface area contributed by atoms with Gasteiger partial charge in [-0.25, -0.2) is 9.97 Å². The predicted octanol–water partition coefficient (Wildman–Crippen LogP) is 4.29. The van der Waals surface area contributed by atoms with Crippen molar-refractivity contribution in [2.24, 2.45) is 0 Å². The van der Waals surface area contributed by atoms with Gasteiger partial charge in [-0.1, -0.05) is 60.7 Å². The van der Waals surface area contributed by atoms with Gasteiger partial charge in [-0.2, -0.15) is 0 Å². The smallest absolute Gasteiger partial charge is 0.141 e. The van der Waals surface area contributed by atoms with Crippen molar-refractivity contribution in [3.63, 3.8) is 0 Å². The third-order valence-electron chi connectivity index (χ3n) is 3.60. The Morgan fingerprint density at radius 1 is 0.762 bits per heavy atom. The lowest BCUT2D eigenvalue weighted by Crippen LogP contribution is -1.82. The van der Waals surface area contributed by atoms with Crippen LogP contribution in [-0.4, -0.2) is 15.0 Å². The van der Waals surface area contributed by atoms with E-state index < -0.39 is 0 Å². The summed E-state index contributed by atoms with van der Waals surface area (Å²) in [7, 11) is 0. The van der Waals surface area contributed by atoms with E-state index in [9.17, 15) is 0 Å². The topological polar surface area (TPSA) is 41.6 Å². The van der Waals surface area contributed by atoms with Crippen LogP contribution in [0.3, 0.4) is 0 Å². The number of rotatable bonds is 2. The predicted molar refractivity (Wildman–Crippen MR) is 84.8 cm³/mol. The van der Waals surface area contributed by atoms with E-state index in [2.05, 4.69) is 39.2 Å². The average molecular weight is 271 g/mol. The zero-order chi connectivity index (χ0) is 14.1. The van der Waals surface area contributed by atoms with Gasteiger partial charge in [-0.05, 0) is 11.1 Å². The molecule has 100 valence electrons. The summed E-state index contributed by atoms with van der Waals surface area (Å²) in [5, 5.41) is 1.04.